The molecule has 9 atom stereocenters. The normalized spacial score (nSPS) is 53.2. The Kier molecular flexibility index (Phi) is 4.53. The molecule has 0 spiro atoms. The minimum Gasteiger partial charge on any atom is -0.462 e. The largest absolute Gasteiger partial charge is 0.462 e. The smallest absolute Gasteiger partial charge is 0.302 e. The zero-order valence-corrected chi connectivity index (χ0v) is 16.7. The molecule has 0 radical (unpaired) electrons. The van der Waals surface area contributed by atoms with E-state index in [4.69, 9.17) is 4.74 Å². The average Bonchev–Trinajstić information content (AvgIpc) is 2.92. The van der Waals surface area contributed by atoms with Crippen LogP contribution in [-0.4, -0.2) is 23.3 Å². The van der Waals surface area contributed by atoms with Crippen LogP contribution in [0.25, 0.3) is 0 Å². The number of ether oxygens (including phenoxy) is 1. The van der Waals surface area contributed by atoms with Crippen LogP contribution in [0.4, 0.5) is 0 Å². The number of esters is 1. The quantitative estimate of drug-likeness (QED) is 0.572. The lowest BCUT2D eigenvalue weighted by Gasteiger charge is -2.62. The summed E-state index contributed by atoms with van der Waals surface area (Å²) in [6.45, 7) is 10.5. The molecule has 0 heterocycles. The Bertz CT molecular complexity index is 586. The van der Waals surface area contributed by atoms with Gasteiger partial charge in [-0.05, 0) is 85.4 Å². The molecule has 4 aliphatic rings. The Morgan fingerprint density at radius 3 is 2.58 bits per heavy atom. The van der Waals surface area contributed by atoms with E-state index >= 15 is 0 Å². The summed E-state index contributed by atoms with van der Waals surface area (Å²) in [5.41, 5.74) is 0.416. The van der Waals surface area contributed by atoms with Crippen molar-refractivity contribution in [3.05, 3.63) is 12.7 Å². The first kappa shape index (κ1) is 18.5. The maximum absolute atomic E-state index is 11.4. The molecule has 4 saturated carbocycles. The van der Waals surface area contributed by atoms with E-state index in [1.807, 2.05) is 0 Å². The van der Waals surface area contributed by atoms with Crippen LogP contribution in [-0.2, 0) is 9.53 Å². The number of fused-ring (bicyclic) bond motifs is 5. The highest BCUT2D eigenvalue weighted by molar-refractivity contribution is 5.66. The molecule has 146 valence electrons. The number of hydrogen-bond donors (Lipinski definition) is 1. The first-order chi connectivity index (χ1) is 12.3. The standard InChI is InChI=1S/C23H36O3/c1-5-15-7-9-19-18-8-6-16-12-17(26-14(2)24)13-21(25)23(16,4)20(18)10-11-22(15,19)3/h5,15-21,25H,1,6-13H2,2-4H3/t15-,16?,17-,18?,19?,20?,21-,22+,23-/m0/s1. The van der Waals surface area contributed by atoms with Gasteiger partial charge in [-0.3, -0.25) is 4.79 Å². The first-order valence-electron chi connectivity index (χ1n) is 10.8. The molecule has 4 fully saturated rings. The van der Waals surface area contributed by atoms with E-state index in [1.165, 1.54) is 45.4 Å². The van der Waals surface area contributed by atoms with Gasteiger partial charge in [-0.25, -0.2) is 0 Å². The molecule has 0 amide bonds. The van der Waals surface area contributed by atoms with Crippen LogP contribution >= 0.6 is 0 Å². The van der Waals surface area contributed by atoms with E-state index in [9.17, 15) is 9.90 Å². The Hall–Kier alpha value is -0.830. The summed E-state index contributed by atoms with van der Waals surface area (Å²) in [5, 5.41) is 11.2. The Morgan fingerprint density at radius 2 is 1.88 bits per heavy atom. The van der Waals surface area contributed by atoms with Crippen LogP contribution in [0.3, 0.4) is 0 Å². The van der Waals surface area contributed by atoms with Gasteiger partial charge in [0.15, 0.2) is 0 Å². The fraction of sp³-hybridized carbons (Fsp3) is 0.870. The summed E-state index contributed by atoms with van der Waals surface area (Å²) in [6.07, 6.45) is 10.9. The Morgan fingerprint density at radius 1 is 1.12 bits per heavy atom. The zero-order chi connectivity index (χ0) is 18.7. The Balaban J connectivity index is 1.58. The van der Waals surface area contributed by atoms with Crippen molar-refractivity contribution in [1.82, 2.24) is 0 Å². The highest BCUT2D eigenvalue weighted by Crippen LogP contribution is 2.67. The summed E-state index contributed by atoms with van der Waals surface area (Å²) in [5.74, 6) is 3.10. The van der Waals surface area contributed by atoms with Gasteiger partial charge in [0, 0.05) is 13.3 Å². The predicted octanol–water partition coefficient (Wildman–Crippen LogP) is 4.73. The average molecular weight is 361 g/mol. The molecule has 4 rings (SSSR count). The molecule has 0 aromatic rings. The first-order valence-corrected chi connectivity index (χ1v) is 10.8. The van der Waals surface area contributed by atoms with Crippen molar-refractivity contribution < 1.29 is 14.6 Å². The predicted molar refractivity (Wildman–Crippen MR) is 102 cm³/mol. The third-order valence-electron chi connectivity index (χ3n) is 9.41. The van der Waals surface area contributed by atoms with Crippen molar-refractivity contribution in [3.63, 3.8) is 0 Å². The fourth-order valence-electron chi connectivity index (χ4n) is 8.04. The third kappa shape index (κ3) is 2.52. The molecule has 0 bridgehead atoms. The second-order valence-corrected chi connectivity index (χ2v) is 10.2. The van der Waals surface area contributed by atoms with Gasteiger partial charge in [0.2, 0.25) is 0 Å². The highest BCUT2D eigenvalue weighted by atomic mass is 16.5. The highest BCUT2D eigenvalue weighted by Gasteiger charge is 2.62. The molecule has 0 saturated heterocycles. The monoisotopic (exact) mass is 360 g/mol. The molecule has 4 unspecified atom stereocenters. The lowest BCUT2D eigenvalue weighted by molar-refractivity contribution is -0.190. The number of carbonyl (C=O) groups excluding carboxylic acids is 1. The molecule has 4 aliphatic carbocycles. The van der Waals surface area contributed by atoms with Crippen molar-refractivity contribution in [3.8, 4) is 0 Å². The molecule has 1 N–H and O–H groups in total. The number of aliphatic hydroxyl groups is 1. The van der Waals surface area contributed by atoms with Crippen molar-refractivity contribution in [2.45, 2.75) is 84.3 Å². The fourth-order valence-corrected chi connectivity index (χ4v) is 8.04. The number of rotatable bonds is 2. The van der Waals surface area contributed by atoms with E-state index in [-0.39, 0.29) is 23.6 Å². The number of aliphatic hydroxyl groups excluding tert-OH is 1. The van der Waals surface area contributed by atoms with Gasteiger partial charge < -0.3 is 9.84 Å². The molecule has 0 aromatic carbocycles. The molecule has 0 aliphatic heterocycles. The van der Waals surface area contributed by atoms with E-state index in [2.05, 4.69) is 26.5 Å². The number of hydrogen-bond acceptors (Lipinski definition) is 3. The van der Waals surface area contributed by atoms with Crippen LogP contribution in [0.5, 0.6) is 0 Å². The van der Waals surface area contributed by atoms with E-state index in [0.29, 0.717) is 29.6 Å². The van der Waals surface area contributed by atoms with Crippen LogP contribution in [0.1, 0.15) is 72.1 Å². The number of carbonyl (C=O) groups is 1. The van der Waals surface area contributed by atoms with Crippen molar-refractivity contribution in [2.75, 3.05) is 0 Å². The minimum absolute atomic E-state index is 0.00678. The van der Waals surface area contributed by atoms with Gasteiger partial charge in [0.25, 0.3) is 0 Å². The minimum atomic E-state index is -0.348. The summed E-state index contributed by atoms with van der Waals surface area (Å²) in [4.78, 5) is 11.4. The molecule has 3 nitrogen and oxygen atoms in total. The lowest BCUT2D eigenvalue weighted by atomic mass is 9.44. The summed E-state index contributed by atoms with van der Waals surface area (Å²) < 4.78 is 5.50. The van der Waals surface area contributed by atoms with Crippen LogP contribution in [0.2, 0.25) is 0 Å². The molecular formula is C23H36O3. The van der Waals surface area contributed by atoms with Crippen LogP contribution < -0.4 is 0 Å². The zero-order valence-electron chi connectivity index (χ0n) is 16.7. The van der Waals surface area contributed by atoms with E-state index in [1.54, 1.807) is 0 Å². The van der Waals surface area contributed by atoms with Crippen molar-refractivity contribution in [1.29, 1.82) is 0 Å². The Labute approximate surface area is 158 Å². The van der Waals surface area contributed by atoms with Gasteiger partial charge in [-0.1, -0.05) is 19.9 Å². The van der Waals surface area contributed by atoms with Gasteiger partial charge in [0.1, 0.15) is 6.10 Å². The maximum atomic E-state index is 11.4. The number of allylic oxidation sites excluding steroid dienone is 1. The third-order valence-corrected chi connectivity index (χ3v) is 9.41. The molecule has 3 heteroatoms. The SMILES string of the molecule is C=C[C@H]1CCC2C3CCC4C[C@H](OC(C)=O)C[C@H](O)[C@]4(C)C3CC[C@@]21C. The van der Waals surface area contributed by atoms with Gasteiger partial charge in [-0.15, -0.1) is 6.58 Å². The summed E-state index contributed by atoms with van der Waals surface area (Å²) in [7, 11) is 0. The molecule has 0 aromatic heterocycles. The summed E-state index contributed by atoms with van der Waals surface area (Å²) in [6, 6.07) is 0. The second-order valence-electron chi connectivity index (χ2n) is 10.2. The maximum Gasteiger partial charge on any atom is 0.302 e. The van der Waals surface area contributed by atoms with Gasteiger partial charge in [-0.2, -0.15) is 0 Å². The lowest BCUT2D eigenvalue weighted by Crippen LogP contribution is -2.59. The van der Waals surface area contributed by atoms with Gasteiger partial charge in [0.05, 0.1) is 6.10 Å². The molecular weight excluding hydrogens is 324 g/mol. The van der Waals surface area contributed by atoms with Crippen LogP contribution in [0.15, 0.2) is 12.7 Å². The van der Waals surface area contributed by atoms with E-state index in [0.717, 1.165) is 18.3 Å². The summed E-state index contributed by atoms with van der Waals surface area (Å²) >= 11 is 0. The van der Waals surface area contributed by atoms with Crippen molar-refractivity contribution in [2.24, 2.45) is 40.4 Å². The van der Waals surface area contributed by atoms with Crippen molar-refractivity contribution >= 4 is 5.97 Å². The topological polar surface area (TPSA) is 46.5 Å². The van der Waals surface area contributed by atoms with Crippen LogP contribution in [0, 0.1) is 40.4 Å². The molecule has 26 heavy (non-hydrogen) atoms. The van der Waals surface area contributed by atoms with Gasteiger partial charge >= 0.3 is 5.97 Å². The van der Waals surface area contributed by atoms with E-state index < -0.39 is 0 Å². The second kappa shape index (κ2) is 6.36.